The molecule has 2 aromatic rings. The monoisotopic (exact) mass is 205 g/mol. The van der Waals surface area contributed by atoms with E-state index in [1.165, 1.54) is 17.1 Å². The van der Waals surface area contributed by atoms with Crippen LogP contribution in [0.3, 0.4) is 0 Å². The molecule has 0 aliphatic carbocycles. The molecule has 0 aliphatic heterocycles. The van der Waals surface area contributed by atoms with Crippen molar-refractivity contribution in [3.05, 3.63) is 47.0 Å². The van der Waals surface area contributed by atoms with E-state index >= 15 is 0 Å². The van der Waals surface area contributed by atoms with Gasteiger partial charge in [-0.05, 0) is 23.5 Å². The largest absolute Gasteiger partial charge is 0.323 e. The SMILES string of the molecule is NC(Cc1ccccc1)c1cnns1. The number of hydrogen-bond acceptors (Lipinski definition) is 4. The van der Waals surface area contributed by atoms with Crippen LogP contribution in [0.1, 0.15) is 16.5 Å². The van der Waals surface area contributed by atoms with E-state index in [0.717, 1.165) is 11.3 Å². The van der Waals surface area contributed by atoms with Gasteiger partial charge in [-0.2, -0.15) is 0 Å². The van der Waals surface area contributed by atoms with E-state index in [4.69, 9.17) is 5.73 Å². The smallest absolute Gasteiger partial charge is 0.0669 e. The molecule has 0 fully saturated rings. The lowest BCUT2D eigenvalue weighted by Gasteiger charge is -2.07. The summed E-state index contributed by atoms with van der Waals surface area (Å²) in [6, 6.07) is 10.2. The Morgan fingerprint density at radius 1 is 1.29 bits per heavy atom. The molecule has 3 nitrogen and oxygen atoms in total. The van der Waals surface area contributed by atoms with Crippen LogP contribution in [-0.2, 0) is 6.42 Å². The molecule has 0 spiro atoms. The van der Waals surface area contributed by atoms with E-state index in [9.17, 15) is 0 Å². The van der Waals surface area contributed by atoms with E-state index in [2.05, 4.69) is 21.7 Å². The second kappa shape index (κ2) is 4.30. The fourth-order valence-corrected chi connectivity index (χ4v) is 1.81. The van der Waals surface area contributed by atoms with Crippen LogP contribution in [0.25, 0.3) is 0 Å². The summed E-state index contributed by atoms with van der Waals surface area (Å²) >= 11 is 1.36. The zero-order valence-corrected chi connectivity index (χ0v) is 8.45. The third-order valence-corrected chi connectivity index (χ3v) is 2.84. The first-order chi connectivity index (χ1) is 6.86. The van der Waals surface area contributed by atoms with Crippen LogP contribution in [-0.4, -0.2) is 9.59 Å². The average molecular weight is 205 g/mol. The van der Waals surface area contributed by atoms with Crippen molar-refractivity contribution in [3.63, 3.8) is 0 Å². The van der Waals surface area contributed by atoms with Crippen LogP contribution in [0.2, 0.25) is 0 Å². The van der Waals surface area contributed by atoms with Crippen LogP contribution in [0.15, 0.2) is 36.5 Å². The van der Waals surface area contributed by atoms with Crippen LogP contribution in [0.5, 0.6) is 0 Å². The number of hydrogen-bond donors (Lipinski definition) is 1. The molecular weight excluding hydrogens is 194 g/mol. The summed E-state index contributed by atoms with van der Waals surface area (Å²) in [4.78, 5) is 1.04. The van der Waals surface area contributed by atoms with Gasteiger partial charge >= 0.3 is 0 Å². The van der Waals surface area contributed by atoms with Crippen molar-refractivity contribution >= 4 is 11.5 Å². The maximum absolute atomic E-state index is 6.00. The Kier molecular flexibility index (Phi) is 2.86. The summed E-state index contributed by atoms with van der Waals surface area (Å²) in [5.41, 5.74) is 7.25. The predicted octanol–water partition coefficient (Wildman–Crippen LogP) is 1.78. The quantitative estimate of drug-likeness (QED) is 0.831. The molecule has 1 aromatic carbocycles. The first-order valence-corrected chi connectivity index (χ1v) is 5.20. The predicted molar refractivity (Wildman–Crippen MR) is 57.0 cm³/mol. The highest BCUT2D eigenvalue weighted by atomic mass is 32.1. The zero-order chi connectivity index (χ0) is 9.80. The van der Waals surface area contributed by atoms with Gasteiger partial charge in [-0.3, -0.25) is 0 Å². The van der Waals surface area contributed by atoms with Crippen LogP contribution >= 0.6 is 11.5 Å². The van der Waals surface area contributed by atoms with E-state index < -0.39 is 0 Å². The highest BCUT2D eigenvalue weighted by Gasteiger charge is 2.08. The molecule has 1 atom stereocenters. The summed E-state index contributed by atoms with van der Waals surface area (Å²) in [7, 11) is 0. The number of rotatable bonds is 3. The summed E-state index contributed by atoms with van der Waals surface area (Å²) in [5.74, 6) is 0. The third kappa shape index (κ3) is 2.16. The minimum absolute atomic E-state index is 0.0115. The van der Waals surface area contributed by atoms with E-state index in [1.807, 2.05) is 18.2 Å². The fourth-order valence-electron chi connectivity index (χ4n) is 1.31. The second-order valence-corrected chi connectivity index (χ2v) is 3.93. The average Bonchev–Trinajstić information content (AvgIpc) is 2.72. The van der Waals surface area contributed by atoms with Gasteiger partial charge in [-0.1, -0.05) is 34.8 Å². The molecule has 0 aliphatic rings. The van der Waals surface area contributed by atoms with Gasteiger partial charge in [0.25, 0.3) is 0 Å². The van der Waals surface area contributed by atoms with Crippen LogP contribution in [0, 0.1) is 0 Å². The van der Waals surface area contributed by atoms with Gasteiger partial charge < -0.3 is 5.73 Å². The summed E-state index contributed by atoms with van der Waals surface area (Å²) in [6.45, 7) is 0. The molecule has 0 bridgehead atoms. The van der Waals surface area contributed by atoms with Gasteiger partial charge in [-0.15, -0.1) is 5.10 Å². The van der Waals surface area contributed by atoms with Crippen molar-refractivity contribution in [2.75, 3.05) is 0 Å². The Bertz CT molecular complexity index is 372. The molecule has 0 amide bonds. The van der Waals surface area contributed by atoms with Crippen LogP contribution in [0.4, 0.5) is 0 Å². The van der Waals surface area contributed by atoms with Gasteiger partial charge in [0, 0.05) is 6.04 Å². The topological polar surface area (TPSA) is 51.8 Å². The van der Waals surface area contributed by atoms with Crippen molar-refractivity contribution in [2.24, 2.45) is 5.73 Å². The number of nitrogens with zero attached hydrogens (tertiary/aromatic N) is 2. The number of nitrogens with two attached hydrogens (primary N) is 1. The lowest BCUT2D eigenvalue weighted by Crippen LogP contribution is -2.11. The Morgan fingerprint density at radius 3 is 2.71 bits per heavy atom. The van der Waals surface area contributed by atoms with Crippen LogP contribution < -0.4 is 5.73 Å². The van der Waals surface area contributed by atoms with E-state index in [0.29, 0.717) is 0 Å². The van der Waals surface area contributed by atoms with Crippen molar-refractivity contribution in [3.8, 4) is 0 Å². The van der Waals surface area contributed by atoms with Crippen molar-refractivity contribution in [2.45, 2.75) is 12.5 Å². The summed E-state index contributed by atoms with van der Waals surface area (Å²) < 4.78 is 3.80. The third-order valence-electron chi connectivity index (χ3n) is 2.04. The molecule has 2 N–H and O–H groups in total. The Balaban J connectivity index is 2.06. The number of benzene rings is 1. The Hall–Kier alpha value is -1.26. The Labute approximate surface area is 86.7 Å². The maximum atomic E-state index is 6.00. The van der Waals surface area contributed by atoms with Crippen molar-refractivity contribution < 1.29 is 0 Å². The molecule has 0 radical (unpaired) electrons. The van der Waals surface area contributed by atoms with Crippen molar-refractivity contribution in [1.29, 1.82) is 0 Å². The lowest BCUT2D eigenvalue weighted by molar-refractivity contribution is 0.734. The molecule has 0 saturated heterocycles. The highest BCUT2D eigenvalue weighted by molar-refractivity contribution is 7.05. The van der Waals surface area contributed by atoms with Gasteiger partial charge in [0.15, 0.2) is 0 Å². The molecular formula is C10H11N3S. The Morgan fingerprint density at radius 2 is 2.07 bits per heavy atom. The van der Waals surface area contributed by atoms with Gasteiger partial charge in [0.1, 0.15) is 0 Å². The number of aromatic nitrogens is 2. The zero-order valence-electron chi connectivity index (χ0n) is 7.63. The molecule has 14 heavy (non-hydrogen) atoms. The highest BCUT2D eigenvalue weighted by Crippen LogP contribution is 2.17. The molecule has 4 heteroatoms. The molecule has 1 heterocycles. The standard InChI is InChI=1S/C10H11N3S/c11-9(10-7-12-13-14-10)6-8-4-2-1-3-5-8/h1-5,7,9H,6,11H2. The first-order valence-electron chi connectivity index (χ1n) is 4.43. The summed E-state index contributed by atoms with van der Waals surface area (Å²) in [5, 5.41) is 3.77. The van der Waals surface area contributed by atoms with Gasteiger partial charge in [-0.25, -0.2) is 0 Å². The molecule has 72 valence electrons. The van der Waals surface area contributed by atoms with E-state index in [-0.39, 0.29) is 6.04 Å². The minimum Gasteiger partial charge on any atom is -0.323 e. The molecule has 1 unspecified atom stereocenters. The minimum atomic E-state index is 0.0115. The fraction of sp³-hybridized carbons (Fsp3) is 0.200. The normalized spacial score (nSPS) is 12.6. The summed E-state index contributed by atoms with van der Waals surface area (Å²) in [6.07, 6.45) is 2.57. The van der Waals surface area contributed by atoms with Gasteiger partial charge in [0.05, 0.1) is 11.1 Å². The van der Waals surface area contributed by atoms with Crippen molar-refractivity contribution in [1.82, 2.24) is 9.59 Å². The lowest BCUT2D eigenvalue weighted by atomic mass is 10.1. The maximum Gasteiger partial charge on any atom is 0.0669 e. The van der Waals surface area contributed by atoms with Gasteiger partial charge in [0.2, 0.25) is 0 Å². The molecule has 0 saturated carbocycles. The second-order valence-electron chi connectivity index (χ2n) is 3.12. The van der Waals surface area contributed by atoms with E-state index in [1.54, 1.807) is 6.20 Å². The molecule has 1 aromatic heterocycles. The molecule has 2 rings (SSSR count). The first kappa shape index (κ1) is 9.30.